The molecule has 0 atom stereocenters. The van der Waals surface area contributed by atoms with Gasteiger partial charge in [0.2, 0.25) is 0 Å². The van der Waals surface area contributed by atoms with Crippen molar-refractivity contribution in [2.45, 2.75) is 0 Å². The molecule has 0 aliphatic rings. The lowest BCUT2D eigenvalue weighted by molar-refractivity contribution is 1.36. The van der Waals surface area contributed by atoms with E-state index in [4.69, 9.17) is 9.97 Å². The quantitative estimate of drug-likeness (QED) is 0.213. The second kappa shape index (κ2) is 7.42. The molecule has 0 amide bonds. The molecule has 0 unspecified atom stereocenters. The van der Waals surface area contributed by atoms with E-state index in [-0.39, 0.29) is 0 Å². The van der Waals surface area contributed by atoms with Gasteiger partial charge in [0.25, 0.3) is 0 Å². The Hall–Kier alpha value is -4.70. The first-order chi connectivity index (χ1) is 16.9. The molecule has 4 heteroatoms. The maximum Gasteiger partial charge on any atom is 0.0996 e. The summed E-state index contributed by atoms with van der Waals surface area (Å²) in [5.41, 5.74) is 9.70. The Labute approximate surface area is 195 Å². The normalized spacial score (nSPS) is 11.5. The Morgan fingerprint density at radius 3 is 1.29 bits per heavy atom. The van der Waals surface area contributed by atoms with Crippen LogP contribution in [0, 0.1) is 0 Å². The first kappa shape index (κ1) is 18.8. The summed E-state index contributed by atoms with van der Waals surface area (Å²) in [4.78, 5) is 19.5. The standard InChI is InChI=1S/C30H18N4/c1-3-9-19(10-4-1)23-17-25-26(18-24(23)20-11-5-2-6-12-20)34-30-22-14-8-16-32-28(22)27-21(29(30)33-25)13-7-15-31-27/h1-18H. The van der Waals surface area contributed by atoms with Crippen molar-refractivity contribution in [3.63, 3.8) is 0 Å². The maximum atomic E-state index is 5.15. The van der Waals surface area contributed by atoms with Crippen LogP contribution in [0.5, 0.6) is 0 Å². The van der Waals surface area contributed by atoms with Crippen molar-refractivity contribution in [1.29, 1.82) is 0 Å². The number of aromatic nitrogens is 4. The molecule has 158 valence electrons. The van der Waals surface area contributed by atoms with Crippen LogP contribution in [0.25, 0.3) is 66.1 Å². The summed E-state index contributed by atoms with van der Waals surface area (Å²) in [6.45, 7) is 0. The lowest BCUT2D eigenvalue weighted by Gasteiger charge is -2.13. The number of benzene rings is 4. The van der Waals surface area contributed by atoms with Crippen LogP contribution in [-0.4, -0.2) is 19.9 Å². The van der Waals surface area contributed by atoms with Crippen molar-refractivity contribution in [3.05, 3.63) is 109 Å². The van der Waals surface area contributed by atoms with Gasteiger partial charge in [-0.1, -0.05) is 60.7 Å². The van der Waals surface area contributed by atoms with Crippen LogP contribution in [0.2, 0.25) is 0 Å². The van der Waals surface area contributed by atoms with E-state index in [2.05, 4.69) is 82.8 Å². The van der Waals surface area contributed by atoms with Crippen LogP contribution in [0.1, 0.15) is 0 Å². The molecular weight excluding hydrogens is 416 g/mol. The van der Waals surface area contributed by atoms with Gasteiger partial charge in [0.05, 0.1) is 33.1 Å². The number of pyridine rings is 2. The molecule has 3 heterocycles. The molecule has 0 radical (unpaired) electrons. The molecular formula is C30H18N4. The summed E-state index contributed by atoms with van der Waals surface area (Å²) in [6, 6.07) is 33.2. The zero-order chi connectivity index (χ0) is 22.5. The highest BCUT2D eigenvalue weighted by atomic mass is 14.8. The van der Waals surface area contributed by atoms with Crippen LogP contribution in [0.3, 0.4) is 0 Å². The van der Waals surface area contributed by atoms with Gasteiger partial charge in [-0.25, -0.2) is 9.97 Å². The summed E-state index contributed by atoms with van der Waals surface area (Å²) in [6.07, 6.45) is 3.60. The third-order valence-corrected chi connectivity index (χ3v) is 6.32. The smallest absolute Gasteiger partial charge is 0.0996 e. The van der Waals surface area contributed by atoms with Gasteiger partial charge in [-0.05, 0) is 58.7 Å². The van der Waals surface area contributed by atoms with Gasteiger partial charge in [-0.15, -0.1) is 0 Å². The lowest BCUT2D eigenvalue weighted by atomic mass is 9.93. The molecule has 4 aromatic carbocycles. The van der Waals surface area contributed by atoms with Gasteiger partial charge in [-0.2, -0.15) is 0 Å². The van der Waals surface area contributed by atoms with Gasteiger partial charge in [0.1, 0.15) is 0 Å². The van der Waals surface area contributed by atoms with E-state index in [1.54, 1.807) is 12.4 Å². The average molecular weight is 435 g/mol. The molecule has 3 aromatic heterocycles. The second-order valence-corrected chi connectivity index (χ2v) is 8.34. The van der Waals surface area contributed by atoms with Gasteiger partial charge in [0, 0.05) is 23.2 Å². The van der Waals surface area contributed by atoms with E-state index in [0.717, 1.165) is 66.1 Å². The topological polar surface area (TPSA) is 51.6 Å². The van der Waals surface area contributed by atoms with Gasteiger partial charge < -0.3 is 0 Å². The Kier molecular flexibility index (Phi) is 4.11. The fraction of sp³-hybridized carbons (Fsp3) is 0. The highest BCUT2D eigenvalue weighted by Crippen LogP contribution is 2.37. The summed E-state index contributed by atoms with van der Waals surface area (Å²) in [5.74, 6) is 0. The molecule has 7 rings (SSSR count). The molecule has 34 heavy (non-hydrogen) atoms. The SMILES string of the molecule is c1ccc(-c2cc3nc4c5cccnc5c5ncccc5c4nc3cc2-c2ccccc2)cc1. The molecule has 0 N–H and O–H groups in total. The lowest BCUT2D eigenvalue weighted by Crippen LogP contribution is -1.95. The van der Waals surface area contributed by atoms with Gasteiger partial charge in [-0.3, -0.25) is 9.97 Å². The maximum absolute atomic E-state index is 5.15. The Bertz CT molecular complexity index is 1710. The first-order valence-electron chi connectivity index (χ1n) is 11.2. The molecule has 0 fully saturated rings. The van der Waals surface area contributed by atoms with Crippen molar-refractivity contribution in [3.8, 4) is 22.3 Å². The molecule has 4 nitrogen and oxygen atoms in total. The van der Waals surface area contributed by atoms with Crippen LogP contribution in [0.4, 0.5) is 0 Å². The first-order valence-corrected chi connectivity index (χ1v) is 11.2. The summed E-state index contributed by atoms with van der Waals surface area (Å²) >= 11 is 0. The minimum Gasteiger partial charge on any atom is -0.254 e. The number of nitrogens with zero attached hydrogens (tertiary/aromatic N) is 4. The Morgan fingerprint density at radius 2 is 0.853 bits per heavy atom. The van der Waals surface area contributed by atoms with E-state index in [1.165, 1.54) is 0 Å². The molecule has 0 saturated carbocycles. The van der Waals surface area contributed by atoms with Crippen LogP contribution in [0.15, 0.2) is 109 Å². The predicted molar refractivity (Wildman–Crippen MR) is 139 cm³/mol. The van der Waals surface area contributed by atoms with Crippen molar-refractivity contribution in [2.75, 3.05) is 0 Å². The number of fused-ring (bicyclic) bond motifs is 7. The zero-order valence-electron chi connectivity index (χ0n) is 18.2. The van der Waals surface area contributed by atoms with E-state index in [1.807, 2.05) is 24.3 Å². The fourth-order valence-corrected chi connectivity index (χ4v) is 4.76. The largest absolute Gasteiger partial charge is 0.254 e. The Morgan fingerprint density at radius 1 is 0.412 bits per heavy atom. The highest BCUT2D eigenvalue weighted by molar-refractivity contribution is 6.21. The minimum absolute atomic E-state index is 0.850. The minimum atomic E-state index is 0.850. The fourth-order valence-electron chi connectivity index (χ4n) is 4.76. The van der Waals surface area contributed by atoms with Crippen molar-refractivity contribution >= 4 is 43.9 Å². The van der Waals surface area contributed by atoms with E-state index < -0.39 is 0 Å². The monoisotopic (exact) mass is 434 g/mol. The highest BCUT2D eigenvalue weighted by Gasteiger charge is 2.16. The third kappa shape index (κ3) is 2.86. The molecule has 0 saturated heterocycles. The summed E-state index contributed by atoms with van der Waals surface area (Å²) in [7, 11) is 0. The van der Waals surface area contributed by atoms with Gasteiger partial charge >= 0.3 is 0 Å². The van der Waals surface area contributed by atoms with Crippen LogP contribution >= 0.6 is 0 Å². The number of rotatable bonds is 2. The molecule has 0 bridgehead atoms. The van der Waals surface area contributed by atoms with Crippen molar-refractivity contribution in [2.24, 2.45) is 0 Å². The van der Waals surface area contributed by atoms with Gasteiger partial charge in [0.15, 0.2) is 0 Å². The number of hydrogen-bond donors (Lipinski definition) is 0. The van der Waals surface area contributed by atoms with Crippen molar-refractivity contribution < 1.29 is 0 Å². The second-order valence-electron chi connectivity index (χ2n) is 8.34. The summed E-state index contributed by atoms with van der Waals surface area (Å²) < 4.78 is 0. The average Bonchev–Trinajstić information content (AvgIpc) is 2.92. The molecule has 7 aromatic rings. The third-order valence-electron chi connectivity index (χ3n) is 6.32. The summed E-state index contributed by atoms with van der Waals surface area (Å²) in [5, 5.41) is 1.93. The van der Waals surface area contributed by atoms with Crippen LogP contribution < -0.4 is 0 Å². The van der Waals surface area contributed by atoms with E-state index >= 15 is 0 Å². The Balaban J connectivity index is 1.64. The molecule has 0 aliphatic heterocycles. The number of hydrogen-bond acceptors (Lipinski definition) is 4. The van der Waals surface area contributed by atoms with E-state index in [0.29, 0.717) is 0 Å². The van der Waals surface area contributed by atoms with E-state index in [9.17, 15) is 0 Å². The molecule has 0 spiro atoms. The predicted octanol–water partition coefficient (Wildman–Crippen LogP) is 7.21. The van der Waals surface area contributed by atoms with Crippen LogP contribution in [-0.2, 0) is 0 Å². The van der Waals surface area contributed by atoms with Crippen molar-refractivity contribution in [1.82, 2.24) is 19.9 Å². The molecule has 0 aliphatic carbocycles. The zero-order valence-corrected chi connectivity index (χ0v) is 18.2.